The van der Waals surface area contributed by atoms with E-state index in [0.717, 1.165) is 16.0 Å². The number of imide groups is 2. The van der Waals surface area contributed by atoms with E-state index in [2.05, 4.69) is 10.6 Å². The molecule has 10 nitrogen and oxygen atoms in total. The molecule has 1 saturated heterocycles. The lowest BCUT2D eigenvalue weighted by Gasteiger charge is -2.26. The van der Waals surface area contributed by atoms with Gasteiger partial charge in [-0.1, -0.05) is 6.07 Å². The van der Waals surface area contributed by atoms with Crippen LogP contribution in [0.15, 0.2) is 60.2 Å². The van der Waals surface area contributed by atoms with Gasteiger partial charge in [0.05, 0.1) is 15.9 Å². The first-order valence-corrected chi connectivity index (χ1v) is 13.3. The van der Waals surface area contributed by atoms with E-state index in [1.807, 2.05) is 54.6 Å². The predicted octanol–water partition coefficient (Wildman–Crippen LogP) is 4.70. The van der Waals surface area contributed by atoms with Crippen LogP contribution in [0.4, 0.5) is 16.2 Å². The number of nitrogens with zero attached hydrogens (tertiary/aromatic N) is 1. The van der Waals surface area contributed by atoms with Crippen molar-refractivity contribution < 1.29 is 33.8 Å². The van der Waals surface area contributed by atoms with Gasteiger partial charge in [0.15, 0.2) is 18.1 Å². The zero-order chi connectivity index (χ0) is 29.0. The van der Waals surface area contributed by atoms with E-state index < -0.39 is 17.8 Å². The number of carbonyl (C=O) groups excluding carboxylic acids is 4. The highest BCUT2D eigenvalue weighted by atomic mass is 127. The van der Waals surface area contributed by atoms with Crippen LogP contribution in [0.3, 0.4) is 0 Å². The summed E-state index contributed by atoms with van der Waals surface area (Å²) in [6, 6.07) is 13.4. The lowest BCUT2D eigenvalue weighted by Crippen LogP contribution is -2.54. The number of phenols is 1. The van der Waals surface area contributed by atoms with Crippen LogP contribution in [0, 0.1) is 17.4 Å². The number of hydrogen-bond acceptors (Lipinski definition) is 7. The summed E-state index contributed by atoms with van der Waals surface area (Å²) in [5.74, 6) is -1.41. The third-order valence-corrected chi connectivity index (χ3v) is 6.79. The highest BCUT2D eigenvalue weighted by molar-refractivity contribution is 14.1. The van der Waals surface area contributed by atoms with Gasteiger partial charge < -0.3 is 19.9 Å². The average molecular weight is 655 g/mol. The fourth-order valence-electron chi connectivity index (χ4n) is 3.89. The van der Waals surface area contributed by atoms with Crippen LogP contribution in [-0.2, 0) is 14.4 Å². The standard InChI is InChI=1S/C29H26IN3O7/c1-4-39-24-14-18(12-22-27(36)32-29(38)33(28(22)37)20-7-9-21(34)10-8-20)13-23(30)26(24)40-15-25(35)31-19-6-5-16(2)17(3)11-19/h5-14,34H,4,15H2,1-3H3,(H,31,35)(H,32,36,38)/b22-12-. The van der Waals surface area contributed by atoms with Gasteiger partial charge >= 0.3 is 6.03 Å². The zero-order valence-electron chi connectivity index (χ0n) is 21.9. The molecule has 0 saturated carbocycles. The van der Waals surface area contributed by atoms with E-state index in [-0.39, 0.29) is 29.5 Å². The molecule has 40 heavy (non-hydrogen) atoms. The molecule has 1 aliphatic rings. The van der Waals surface area contributed by atoms with Crippen LogP contribution in [0.2, 0.25) is 0 Å². The molecule has 0 aliphatic carbocycles. The molecule has 0 unspecified atom stereocenters. The maximum Gasteiger partial charge on any atom is 0.335 e. The van der Waals surface area contributed by atoms with Gasteiger partial charge in [0, 0.05) is 5.69 Å². The Balaban J connectivity index is 1.57. The van der Waals surface area contributed by atoms with Crippen molar-refractivity contribution in [3.8, 4) is 17.2 Å². The number of nitrogens with one attached hydrogen (secondary N) is 2. The minimum Gasteiger partial charge on any atom is -0.508 e. The number of aromatic hydroxyl groups is 1. The molecule has 3 aromatic carbocycles. The summed E-state index contributed by atoms with van der Waals surface area (Å²) >= 11 is 2.01. The molecule has 11 heteroatoms. The number of halogens is 1. The molecule has 0 bridgehead atoms. The summed E-state index contributed by atoms with van der Waals surface area (Å²) in [6.45, 7) is 5.76. The topological polar surface area (TPSA) is 134 Å². The molecular formula is C29H26IN3O7. The first kappa shape index (κ1) is 28.6. The highest BCUT2D eigenvalue weighted by Crippen LogP contribution is 2.35. The van der Waals surface area contributed by atoms with Gasteiger partial charge in [-0.25, -0.2) is 9.69 Å². The van der Waals surface area contributed by atoms with E-state index in [9.17, 15) is 24.3 Å². The van der Waals surface area contributed by atoms with E-state index in [4.69, 9.17) is 9.47 Å². The minimum atomic E-state index is -0.898. The summed E-state index contributed by atoms with van der Waals surface area (Å²) < 4.78 is 12.1. The Morgan fingerprint density at radius 1 is 1.02 bits per heavy atom. The summed E-state index contributed by atoms with van der Waals surface area (Å²) in [4.78, 5) is 51.5. The van der Waals surface area contributed by atoms with E-state index in [1.165, 1.54) is 30.3 Å². The number of anilines is 2. The maximum absolute atomic E-state index is 13.2. The minimum absolute atomic E-state index is 0.0384. The van der Waals surface area contributed by atoms with E-state index in [0.29, 0.717) is 32.9 Å². The van der Waals surface area contributed by atoms with Gasteiger partial charge in [-0.05, 0) is 115 Å². The summed E-state index contributed by atoms with van der Waals surface area (Å²) in [5.41, 5.74) is 3.19. The number of barbiturate groups is 1. The largest absolute Gasteiger partial charge is 0.508 e. The molecule has 5 amide bonds. The maximum atomic E-state index is 13.2. The van der Waals surface area contributed by atoms with Crippen LogP contribution < -0.4 is 25.0 Å². The molecule has 1 heterocycles. The number of ether oxygens (including phenoxy) is 2. The lowest BCUT2D eigenvalue weighted by atomic mass is 10.1. The van der Waals surface area contributed by atoms with Crippen molar-refractivity contribution >= 4 is 63.8 Å². The van der Waals surface area contributed by atoms with Crippen LogP contribution >= 0.6 is 22.6 Å². The third kappa shape index (κ3) is 6.42. The van der Waals surface area contributed by atoms with Gasteiger partial charge in [-0.2, -0.15) is 0 Å². The van der Waals surface area contributed by atoms with Gasteiger partial charge in [-0.3, -0.25) is 19.7 Å². The Bertz CT molecular complexity index is 1530. The number of urea groups is 1. The van der Waals surface area contributed by atoms with Crippen molar-refractivity contribution in [1.82, 2.24) is 5.32 Å². The molecule has 1 fully saturated rings. The number of phenolic OH excluding ortho intramolecular Hbond substituents is 1. The smallest absolute Gasteiger partial charge is 0.335 e. The third-order valence-electron chi connectivity index (χ3n) is 5.99. The fourth-order valence-corrected chi connectivity index (χ4v) is 4.67. The Labute approximate surface area is 244 Å². The quantitative estimate of drug-likeness (QED) is 0.182. The number of hydrogen-bond donors (Lipinski definition) is 3. The number of amides is 5. The molecule has 0 aromatic heterocycles. The molecule has 3 aromatic rings. The highest BCUT2D eigenvalue weighted by Gasteiger charge is 2.37. The van der Waals surface area contributed by atoms with Crippen molar-refractivity contribution in [2.75, 3.05) is 23.4 Å². The monoisotopic (exact) mass is 655 g/mol. The Morgan fingerprint density at radius 2 is 1.75 bits per heavy atom. The average Bonchev–Trinajstić information content (AvgIpc) is 2.89. The van der Waals surface area contributed by atoms with Crippen molar-refractivity contribution in [2.24, 2.45) is 0 Å². The Kier molecular flexibility index (Phi) is 8.73. The SMILES string of the molecule is CCOc1cc(/C=C2/C(=O)NC(=O)N(c3ccc(O)cc3)C2=O)cc(I)c1OCC(=O)Nc1ccc(C)c(C)c1. The molecule has 4 rings (SSSR count). The first-order valence-electron chi connectivity index (χ1n) is 12.2. The Hall–Kier alpha value is -4.39. The van der Waals surface area contributed by atoms with Crippen molar-refractivity contribution in [3.05, 3.63) is 80.4 Å². The zero-order valence-corrected chi connectivity index (χ0v) is 24.1. The van der Waals surface area contributed by atoms with Crippen molar-refractivity contribution in [1.29, 1.82) is 0 Å². The number of carbonyl (C=O) groups is 4. The van der Waals surface area contributed by atoms with Crippen LogP contribution in [0.1, 0.15) is 23.6 Å². The molecule has 3 N–H and O–H groups in total. The number of rotatable bonds is 8. The molecule has 0 radical (unpaired) electrons. The molecule has 206 valence electrons. The van der Waals surface area contributed by atoms with E-state index >= 15 is 0 Å². The summed E-state index contributed by atoms with van der Waals surface area (Å²) in [5, 5.41) is 14.5. The summed E-state index contributed by atoms with van der Waals surface area (Å²) in [7, 11) is 0. The van der Waals surface area contributed by atoms with Crippen LogP contribution in [0.25, 0.3) is 6.08 Å². The second kappa shape index (κ2) is 12.2. The molecule has 0 spiro atoms. The molecular weight excluding hydrogens is 629 g/mol. The molecule has 1 aliphatic heterocycles. The van der Waals surface area contributed by atoms with Gasteiger partial charge in [-0.15, -0.1) is 0 Å². The van der Waals surface area contributed by atoms with Crippen molar-refractivity contribution in [2.45, 2.75) is 20.8 Å². The second-order valence-corrected chi connectivity index (χ2v) is 10.0. The van der Waals surface area contributed by atoms with Crippen molar-refractivity contribution in [3.63, 3.8) is 0 Å². The lowest BCUT2D eigenvalue weighted by molar-refractivity contribution is -0.122. The normalized spacial score (nSPS) is 14.2. The number of benzene rings is 3. The number of aryl methyl sites for hydroxylation is 2. The Morgan fingerprint density at radius 3 is 2.42 bits per heavy atom. The van der Waals surface area contributed by atoms with Gasteiger partial charge in [0.1, 0.15) is 11.3 Å². The van der Waals surface area contributed by atoms with E-state index in [1.54, 1.807) is 19.1 Å². The van der Waals surface area contributed by atoms with Gasteiger partial charge in [0.25, 0.3) is 17.7 Å². The second-order valence-electron chi connectivity index (χ2n) is 8.87. The fraction of sp³-hybridized carbons (Fsp3) is 0.172. The summed E-state index contributed by atoms with van der Waals surface area (Å²) in [6.07, 6.45) is 1.35. The first-order chi connectivity index (χ1) is 19.1. The predicted molar refractivity (Wildman–Crippen MR) is 157 cm³/mol. The van der Waals surface area contributed by atoms with Crippen LogP contribution in [0.5, 0.6) is 17.2 Å². The van der Waals surface area contributed by atoms with Gasteiger partial charge in [0.2, 0.25) is 0 Å². The van der Waals surface area contributed by atoms with Crippen LogP contribution in [-0.4, -0.2) is 42.1 Å². The molecule has 0 atom stereocenters.